The number of hydrogen-bond donors (Lipinski definition) is 2. The highest BCUT2D eigenvalue weighted by Crippen LogP contribution is 2.26. The number of furan rings is 1. The second-order valence-electron chi connectivity index (χ2n) is 4.53. The van der Waals surface area contributed by atoms with Gasteiger partial charge in [0.2, 0.25) is 0 Å². The van der Waals surface area contributed by atoms with Crippen LogP contribution in [0.25, 0.3) is 0 Å². The summed E-state index contributed by atoms with van der Waals surface area (Å²) in [6, 6.07) is 5.44. The molecule has 0 aliphatic rings. The van der Waals surface area contributed by atoms with Crippen LogP contribution in [0.4, 0.5) is 0 Å². The van der Waals surface area contributed by atoms with Gasteiger partial charge in [-0.3, -0.25) is 4.79 Å². The molecule has 0 bridgehead atoms. The Kier molecular flexibility index (Phi) is 4.07. The monoisotopic (exact) mass is 278 g/mol. The number of hydrogen-bond acceptors (Lipinski definition) is 4. The molecule has 0 fully saturated rings. The Labute approximate surface area is 116 Å². The molecule has 3 N–H and O–H groups in total. The van der Waals surface area contributed by atoms with Crippen molar-refractivity contribution in [3.63, 3.8) is 0 Å². The minimum atomic E-state index is -0.213. The average molecular weight is 278 g/mol. The smallest absolute Gasteiger partial charge is 0.287 e. The summed E-state index contributed by atoms with van der Waals surface area (Å²) < 4.78 is 5.33. The summed E-state index contributed by atoms with van der Waals surface area (Å²) in [5.74, 6) is 0.702. The predicted molar refractivity (Wildman–Crippen MR) is 76.3 cm³/mol. The fourth-order valence-corrected chi connectivity index (χ4v) is 3.06. The molecule has 0 aliphatic heterocycles. The van der Waals surface area contributed by atoms with E-state index in [2.05, 4.69) is 25.2 Å². The standard InChI is InChI=1S/C14H18N2O2S/c1-8-6-12(10(3)19-8)9(2)16-14(17)13-5-4-11(7-15)18-13/h4-6,9H,7,15H2,1-3H3,(H,16,17). The number of rotatable bonds is 4. The molecule has 0 aliphatic carbocycles. The number of amides is 1. The molecular weight excluding hydrogens is 260 g/mol. The molecule has 19 heavy (non-hydrogen) atoms. The van der Waals surface area contributed by atoms with E-state index in [1.54, 1.807) is 23.5 Å². The van der Waals surface area contributed by atoms with Crippen molar-refractivity contribution in [2.24, 2.45) is 5.73 Å². The molecule has 102 valence electrons. The number of carbonyl (C=O) groups excluding carboxylic acids is 1. The molecular formula is C14H18N2O2S. The van der Waals surface area contributed by atoms with Crippen LogP contribution in [0, 0.1) is 13.8 Å². The van der Waals surface area contributed by atoms with Gasteiger partial charge in [0, 0.05) is 9.75 Å². The molecule has 0 saturated carbocycles. The lowest BCUT2D eigenvalue weighted by atomic mass is 10.1. The number of thiophene rings is 1. The van der Waals surface area contributed by atoms with E-state index in [0.29, 0.717) is 18.1 Å². The number of carbonyl (C=O) groups is 1. The van der Waals surface area contributed by atoms with Crippen LogP contribution in [0.15, 0.2) is 22.6 Å². The Hall–Kier alpha value is -1.59. The third-order valence-electron chi connectivity index (χ3n) is 2.98. The first kappa shape index (κ1) is 13.8. The summed E-state index contributed by atoms with van der Waals surface area (Å²) in [7, 11) is 0. The Morgan fingerprint density at radius 3 is 2.74 bits per heavy atom. The van der Waals surface area contributed by atoms with Crippen LogP contribution >= 0.6 is 11.3 Å². The summed E-state index contributed by atoms with van der Waals surface area (Å²) >= 11 is 1.74. The first-order chi connectivity index (χ1) is 9.01. The molecule has 0 spiro atoms. The van der Waals surface area contributed by atoms with Crippen LogP contribution in [-0.2, 0) is 6.54 Å². The van der Waals surface area contributed by atoms with Gasteiger partial charge in [-0.1, -0.05) is 0 Å². The Morgan fingerprint density at radius 2 is 2.21 bits per heavy atom. The molecule has 4 nitrogen and oxygen atoms in total. The number of aryl methyl sites for hydroxylation is 2. The largest absolute Gasteiger partial charge is 0.455 e. The highest BCUT2D eigenvalue weighted by atomic mass is 32.1. The van der Waals surface area contributed by atoms with Gasteiger partial charge in [-0.15, -0.1) is 11.3 Å². The molecule has 0 saturated heterocycles. The van der Waals surface area contributed by atoms with Crippen LogP contribution in [0.5, 0.6) is 0 Å². The van der Waals surface area contributed by atoms with E-state index in [0.717, 1.165) is 5.56 Å². The van der Waals surface area contributed by atoms with E-state index in [9.17, 15) is 4.79 Å². The molecule has 5 heteroatoms. The number of nitrogens with two attached hydrogens (primary N) is 1. The van der Waals surface area contributed by atoms with Gasteiger partial charge in [-0.25, -0.2) is 0 Å². The van der Waals surface area contributed by atoms with Crippen molar-refractivity contribution in [3.05, 3.63) is 45.0 Å². The molecule has 1 unspecified atom stereocenters. The minimum absolute atomic E-state index is 0.0381. The Morgan fingerprint density at radius 1 is 1.47 bits per heavy atom. The van der Waals surface area contributed by atoms with Crippen molar-refractivity contribution in [1.82, 2.24) is 5.32 Å². The second kappa shape index (κ2) is 5.59. The molecule has 2 aromatic heterocycles. The average Bonchev–Trinajstić information content (AvgIpc) is 2.95. The van der Waals surface area contributed by atoms with Gasteiger partial charge in [-0.05, 0) is 44.5 Å². The number of nitrogens with one attached hydrogen (secondary N) is 1. The fraction of sp³-hybridized carbons (Fsp3) is 0.357. The van der Waals surface area contributed by atoms with Crippen LogP contribution < -0.4 is 11.1 Å². The van der Waals surface area contributed by atoms with Crippen LogP contribution in [0.1, 0.15) is 44.6 Å². The lowest BCUT2D eigenvalue weighted by Gasteiger charge is -2.12. The van der Waals surface area contributed by atoms with Gasteiger partial charge in [-0.2, -0.15) is 0 Å². The zero-order valence-corrected chi connectivity index (χ0v) is 12.1. The third kappa shape index (κ3) is 3.05. The maximum absolute atomic E-state index is 12.0. The van der Waals surface area contributed by atoms with Gasteiger partial charge >= 0.3 is 0 Å². The van der Waals surface area contributed by atoms with Crippen molar-refractivity contribution in [1.29, 1.82) is 0 Å². The summed E-state index contributed by atoms with van der Waals surface area (Å²) in [4.78, 5) is 14.5. The highest BCUT2D eigenvalue weighted by Gasteiger charge is 2.17. The van der Waals surface area contributed by atoms with Gasteiger partial charge < -0.3 is 15.5 Å². The van der Waals surface area contributed by atoms with Gasteiger partial charge in [0.05, 0.1) is 12.6 Å². The van der Waals surface area contributed by atoms with Gasteiger partial charge in [0.15, 0.2) is 5.76 Å². The van der Waals surface area contributed by atoms with E-state index in [-0.39, 0.29) is 11.9 Å². The first-order valence-electron chi connectivity index (χ1n) is 6.18. The van der Waals surface area contributed by atoms with Crippen LogP contribution in [-0.4, -0.2) is 5.91 Å². The van der Waals surface area contributed by atoms with E-state index in [1.165, 1.54) is 9.75 Å². The van der Waals surface area contributed by atoms with E-state index < -0.39 is 0 Å². The molecule has 2 heterocycles. The normalized spacial score (nSPS) is 12.4. The molecule has 1 amide bonds. The molecule has 2 aromatic rings. The van der Waals surface area contributed by atoms with Crippen molar-refractivity contribution < 1.29 is 9.21 Å². The first-order valence-corrected chi connectivity index (χ1v) is 6.99. The fourth-order valence-electron chi connectivity index (χ4n) is 2.04. The Bertz CT molecular complexity index is 586. The topological polar surface area (TPSA) is 68.3 Å². The zero-order valence-electron chi connectivity index (χ0n) is 11.3. The molecule has 0 radical (unpaired) electrons. The summed E-state index contributed by atoms with van der Waals surface area (Å²) in [6.07, 6.45) is 0. The molecule has 1 atom stereocenters. The van der Waals surface area contributed by atoms with Gasteiger partial charge in [0.1, 0.15) is 5.76 Å². The predicted octanol–water partition coefficient (Wildman–Crippen LogP) is 2.91. The van der Waals surface area contributed by atoms with Crippen LogP contribution in [0.3, 0.4) is 0 Å². The lowest BCUT2D eigenvalue weighted by molar-refractivity contribution is 0.0910. The van der Waals surface area contributed by atoms with E-state index in [1.807, 2.05) is 6.92 Å². The SMILES string of the molecule is Cc1cc(C(C)NC(=O)c2ccc(CN)o2)c(C)s1. The van der Waals surface area contributed by atoms with Crippen molar-refractivity contribution >= 4 is 17.2 Å². The summed E-state index contributed by atoms with van der Waals surface area (Å²) in [6.45, 7) is 6.40. The summed E-state index contributed by atoms with van der Waals surface area (Å²) in [5, 5.41) is 2.94. The Balaban J connectivity index is 2.08. The molecule has 2 rings (SSSR count). The maximum Gasteiger partial charge on any atom is 0.287 e. The molecule has 0 aromatic carbocycles. The van der Waals surface area contributed by atoms with E-state index >= 15 is 0 Å². The quantitative estimate of drug-likeness (QED) is 0.903. The van der Waals surface area contributed by atoms with Crippen molar-refractivity contribution in [3.8, 4) is 0 Å². The van der Waals surface area contributed by atoms with E-state index in [4.69, 9.17) is 10.2 Å². The van der Waals surface area contributed by atoms with Crippen LogP contribution in [0.2, 0.25) is 0 Å². The van der Waals surface area contributed by atoms with Crippen molar-refractivity contribution in [2.45, 2.75) is 33.4 Å². The lowest BCUT2D eigenvalue weighted by Crippen LogP contribution is -2.26. The third-order valence-corrected chi connectivity index (χ3v) is 3.96. The second-order valence-corrected chi connectivity index (χ2v) is 5.99. The minimum Gasteiger partial charge on any atom is -0.455 e. The summed E-state index contributed by atoms with van der Waals surface area (Å²) in [5.41, 5.74) is 6.61. The van der Waals surface area contributed by atoms with Crippen molar-refractivity contribution in [2.75, 3.05) is 0 Å². The highest BCUT2D eigenvalue weighted by molar-refractivity contribution is 7.12. The van der Waals surface area contributed by atoms with Gasteiger partial charge in [0.25, 0.3) is 5.91 Å². The maximum atomic E-state index is 12.0. The zero-order chi connectivity index (χ0) is 14.0.